The number of carbonyl (C=O) groups excluding carboxylic acids is 2. The maximum atomic E-state index is 13.0. The smallest absolute Gasteiger partial charge is 0.293 e. The number of halogens is 1. The van der Waals surface area contributed by atoms with Crippen LogP contribution in [0, 0.1) is 5.82 Å². The molecule has 0 atom stereocenters. The molecule has 0 bridgehead atoms. The first-order chi connectivity index (χ1) is 12.6. The zero-order valence-electron chi connectivity index (χ0n) is 13.2. The number of amides is 2. The van der Waals surface area contributed by atoms with E-state index in [1.54, 1.807) is 18.2 Å². The van der Waals surface area contributed by atoms with Gasteiger partial charge in [-0.15, -0.1) is 11.3 Å². The zero-order chi connectivity index (χ0) is 18.1. The van der Waals surface area contributed by atoms with E-state index in [1.165, 1.54) is 29.7 Å². The predicted molar refractivity (Wildman–Crippen MR) is 97.7 cm³/mol. The highest BCUT2D eigenvalue weighted by Gasteiger charge is 2.35. The Labute approximate surface area is 156 Å². The van der Waals surface area contributed by atoms with Crippen molar-refractivity contribution in [3.8, 4) is 11.5 Å². The Bertz CT molecular complexity index is 994. The summed E-state index contributed by atoms with van der Waals surface area (Å²) in [6, 6.07) is 9.48. The molecule has 1 aliphatic heterocycles. The molecule has 0 N–H and O–H groups in total. The highest BCUT2D eigenvalue weighted by Crippen LogP contribution is 2.34. The van der Waals surface area contributed by atoms with Crippen LogP contribution in [0.25, 0.3) is 17.5 Å². The number of carbonyl (C=O) groups is 2. The van der Waals surface area contributed by atoms with Crippen molar-refractivity contribution in [2.75, 3.05) is 0 Å². The Kier molecular flexibility index (Phi) is 4.44. The van der Waals surface area contributed by atoms with Crippen LogP contribution >= 0.6 is 23.1 Å². The Morgan fingerprint density at radius 2 is 2.00 bits per heavy atom. The molecule has 26 heavy (non-hydrogen) atoms. The minimum atomic E-state index is -0.351. The second-order valence-corrected chi connectivity index (χ2v) is 7.41. The third-order valence-electron chi connectivity index (χ3n) is 3.65. The minimum Gasteiger partial charge on any atom is -0.444 e. The molecule has 2 amide bonds. The number of oxazole rings is 1. The van der Waals surface area contributed by atoms with Gasteiger partial charge in [0.1, 0.15) is 12.1 Å². The van der Waals surface area contributed by atoms with Gasteiger partial charge in [-0.25, -0.2) is 9.37 Å². The molecule has 130 valence electrons. The lowest BCUT2D eigenvalue weighted by Crippen LogP contribution is -2.27. The maximum absolute atomic E-state index is 13.0. The zero-order valence-corrected chi connectivity index (χ0v) is 14.8. The number of aromatic nitrogens is 1. The molecule has 4 rings (SSSR count). The molecule has 3 aromatic rings. The topological polar surface area (TPSA) is 63.4 Å². The number of nitrogens with zero attached hydrogens (tertiary/aromatic N) is 2. The first-order valence-corrected chi connectivity index (χ1v) is 9.29. The van der Waals surface area contributed by atoms with E-state index in [0.717, 1.165) is 21.5 Å². The van der Waals surface area contributed by atoms with Crippen LogP contribution in [0.2, 0.25) is 0 Å². The molecular formula is C18H11FN2O3S2. The monoisotopic (exact) mass is 386 g/mol. The Hall–Kier alpha value is -2.71. The summed E-state index contributed by atoms with van der Waals surface area (Å²) in [5, 5.41) is 1.56. The molecule has 0 aliphatic carbocycles. The van der Waals surface area contributed by atoms with Gasteiger partial charge in [0.25, 0.3) is 11.1 Å². The van der Waals surface area contributed by atoms with E-state index in [9.17, 15) is 14.0 Å². The van der Waals surface area contributed by atoms with Crippen LogP contribution in [0.1, 0.15) is 10.6 Å². The Morgan fingerprint density at radius 1 is 1.19 bits per heavy atom. The number of hydrogen-bond donors (Lipinski definition) is 0. The lowest BCUT2D eigenvalue weighted by Gasteiger charge is -2.09. The average Bonchev–Trinajstić information content (AvgIpc) is 3.35. The van der Waals surface area contributed by atoms with Crippen molar-refractivity contribution in [2.24, 2.45) is 0 Å². The fourth-order valence-corrected chi connectivity index (χ4v) is 3.97. The molecule has 1 fully saturated rings. The predicted octanol–water partition coefficient (Wildman–Crippen LogP) is 4.78. The van der Waals surface area contributed by atoms with Crippen molar-refractivity contribution in [3.05, 3.63) is 69.3 Å². The fourth-order valence-electron chi connectivity index (χ4n) is 2.41. The van der Waals surface area contributed by atoms with Crippen molar-refractivity contribution in [2.45, 2.75) is 6.54 Å². The molecular weight excluding hydrogens is 375 g/mol. The van der Waals surface area contributed by atoms with Crippen LogP contribution in [0.5, 0.6) is 0 Å². The molecule has 1 saturated heterocycles. The molecule has 5 nitrogen and oxygen atoms in total. The van der Waals surface area contributed by atoms with Crippen molar-refractivity contribution >= 4 is 40.3 Å². The first-order valence-electron chi connectivity index (χ1n) is 7.59. The highest BCUT2D eigenvalue weighted by molar-refractivity contribution is 8.18. The van der Waals surface area contributed by atoms with Crippen molar-refractivity contribution in [1.82, 2.24) is 9.88 Å². The lowest BCUT2D eigenvalue weighted by molar-refractivity contribution is -0.123. The van der Waals surface area contributed by atoms with E-state index < -0.39 is 0 Å². The van der Waals surface area contributed by atoms with Gasteiger partial charge >= 0.3 is 0 Å². The summed E-state index contributed by atoms with van der Waals surface area (Å²) < 4.78 is 18.4. The maximum Gasteiger partial charge on any atom is 0.293 e. The summed E-state index contributed by atoms with van der Waals surface area (Å²) >= 11 is 2.40. The Morgan fingerprint density at radius 3 is 2.73 bits per heavy atom. The molecule has 0 radical (unpaired) electrons. The van der Waals surface area contributed by atoms with Gasteiger partial charge in [0, 0.05) is 10.4 Å². The summed E-state index contributed by atoms with van der Waals surface area (Å²) in [6.45, 7) is 0.0249. The minimum absolute atomic E-state index is 0.0249. The molecule has 3 heterocycles. The van der Waals surface area contributed by atoms with Gasteiger partial charge in [0.15, 0.2) is 0 Å². The number of rotatable bonds is 4. The number of thioether (sulfide) groups is 1. The molecule has 8 heteroatoms. The highest BCUT2D eigenvalue weighted by atomic mass is 32.2. The summed E-state index contributed by atoms with van der Waals surface area (Å²) in [4.78, 5) is 31.4. The SMILES string of the molecule is O=C1S/C(=C\c2cccs2)C(=O)N1Cc1coc(-c2ccc(F)cc2)n1. The van der Waals surface area contributed by atoms with E-state index in [2.05, 4.69) is 4.98 Å². The van der Waals surface area contributed by atoms with Crippen LogP contribution in [-0.4, -0.2) is 21.0 Å². The van der Waals surface area contributed by atoms with Gasteiger partial charge in [-0.1, -0.05) is 6.07 Å². The normalized spacial score (nSPS) is 16.0. The van der Waals surface area contributed by atoms with Gasteiger partial charge in [-0.05, 0) is 53.5 Å². The van der Waals surface area contributed by atoms with Crippen molar-refractivity contribution in [3.63, 3.8) is 0 Å². The van der Waals surface area contributed by atoms with Crippen LogP contribution in [0.4, 0.5) is 9.18 Å². The van der Waals surface area contributed by atoms with Gasteiger partial charge < -0.3 is 4.42 Å². The summed E-state index contributed by atoms with van der Waals surface area (Å²) in [6.07, 6.45) is 3.10. The van der Waals surface area contributed by atoms with E-state index in [-0.39, 0.29) is 23.5 Å². The van der Waals surface area contributed by atoms with Crippen LogP contribution in [0.3, 0.4) is 0 Å². The first kappa shape index (κ1) is 16.7. The molecule has 1 aromatic carbocycles. The largest absolute Gasteiger partial charge is 0.444 e. The van der Waals surface area contributed by atoms with E-state index in [0.29, 0.717) is 22.1 Å². The summed E-state index contributed by atoms with van der Waals surface area (Å²) in [5.74, 6) is -0.392. The molecule has 0 saturated carbocycles. The molecule has 0 unspecified atom stereocenters. The summed E-state index contributed by atoms with van der Waals surface area (Å²) in [5.41, 5.74) is 1.06. The van der Waals surface area contributed by atoms with Crippen molar-refractivity contribution < 1.29 is 18.4 Å². The van der Waals surface area contributed by atoms with Gasteiger partial charge in [0.05, 0.1) is 17.1 Å². The molecule has 1 aliphatic rings. The van der Waals surface area contributed by atoms with Gasteiger partial charge in [0.2, 0.25) is 5.89 Å². The van der Waals surface area contributed by atoms with Crippen LogP contribution < -0.4 is 0 Å². The van der Waals surface area contributed by atoms with E-state index in [4.69, 9.17) is 4.42 Å². The number of imide groups is 1. The molecule has 2 aromatic heterocycles. The second-order valence-electron chi connectivity index (χ2n) is 5.43. The molecule has 0 spiro atoms. The van der Waals surface area contributed by atoms with Crippen molar-refractivity contribution in [1.29, 1.82) is 0 Å². The lowest BCUT2D eigenvalue weighted by atomic mass is 10.2. The third kappa shape index (κ3) is 3.33. The standard InChI is InChI=1S/C18H11FN2O3S2/c19-12-5-3-11(4-6-12)16-20-13(10-24-16)9-21-17(22)15(26-18(21)23)8-14-2-1-7-25-14/h1-8,10H,9H2/b15-8-. The van der Waals surface area contributed by atoms with Crippen LogP contribution in [-0.2, 0) is 11.3 Å². The number of hydrogen-bond acceptors (Lipinski definition) is 6. The van der Waals surface area contributed by atoms with Gasteiger partial charge in [-0.3, -0.25) is 14.5 Å². The van der Waals surface area contributed by atoms with E-state index >= 15 is 0 Å². The van der Waals surface area contributed by atoms with Gasteiger partial charge in [-0.2, -0.15) is 0 Å². The quantitative estimate of drug-likeness (QED) is 0.604. The second kappa shape index (κ2) is 6.89. The number of thiophene rings is 1. The average molecular weight is 386 g/mol. The number of benzene rings is 1. The van der Waals surface area contributed by atoms with Crippen LogP contribution in [0.15, 0.2) is 57.4 Å². The fraction of sp³-hybridized carbons (Fsp3) is 0.0556. The summed E-state index contributed by atoms with van der Waals surface area (Å²) in [7, 11) is 0. The Balaban J connectivity index is 1.51. The van der Waals surface area contributed by atoms with E-state index in [1.807, 2.05) is 17.5 Å². The third-order valence-corrected chi connectivity index (χ3v) is 5.38.